The molecular formula is C16H14ClN3OS2. The van der Waals surface area contributed by atoms with Gasteiger partial charge in [0.05, 0.1) is 10.2 Å². The molecule has 0 spiro atoms. The average Bonchev–Trinajstić information content (AvgIpc) is 2.98. The first-order valence-corrected chi connectivity index (χ1v) is 9.02. The number of aromatic nitrogens is 1. The fourth-order valence-electron chi connectivity index (χ4n) is 1.99. The molecule has 0 aliphatic rings. The van der Waals surface area contributed by atoms with E-state index >= 15 is 0 Å². The highest BCUT2D eigenvalue weighted by atomic mass is 35.5. The zero-order chi connectivity index (χ0) is 16.1. The van der Waals surface area contributed by atoms with Gasteiger partial charge in [-0.15, -0.1) is 11.3 Å². The fourth-order valence-corrected chi connectivity index (χ4v) is 3.77. The summed E-state index contributed by atoms with van der Waals surface area (Å²) >= 11 is 8.63. The Hall–Kier alpha value is -1.76. The van der Waals surface area contributed by atoms with E-state index in [1.165, 1.54) is 11.9 Å². The lowest BCUT2D eigenvalue weighted by Crippen LogP contribution is -2.32. The zero-order valence-corrected chi connectivity index (χ0v) is 14.5. The topological polar surface area (TPSA) is 54.0 Å². The SMILES string of the molecule is O=C(NCCc1ccc(Cl)cc1)NSc1nc2ccccc2s1. The van der Waals surface area contributed by atoms with Gasteiger partial charge >= 0.3 is 6.03 Å². The Balaban J connectivity index is 1.43. The van der Waals surface area contributed by atoms with Crippen LogP contribution in [0.4, 0.5) is 4.79 Å². The number of para-hydroxylation sites is 1. The number of fused-ring (bicyclic) bond motifs is 1. The van der Waals surface area contributed by atoms with Gasteiger partial charge in [-0.05, 0) is 36.2 Å². The zero-order valence-electron chi connectivity index (χ0n) is 12.1. The Morgan fingerprint density at radius 3 is 2.74 bits per heavy atom. The van der Waals surface area contributed by atoms with Crippen molar-refractivity contribution in [2.75, 3.05) is 6.54 Å². The predicted molar refractivity (Wildman–Crippen MR) is 97.2 cm³/mol. The molecular weight excluding hydrogens is 350 g/mol. The maximum atomic E-state index is 11.8. The van der Waals surface area contributed by atoms with Crippen molar-refractivity contribution in [2.24, 2.45) is 0 Å². The Kier molecular flexibility index (Phi) is 5.38. The molecule has 7 heteroatoms. The van der Waals surface area contributed by atoms with Crippen LogP contribution in [0, 0.1) is 0 Å². The minimum Gasteiger partial charge on any atom is -0.337 e. The third kappa shape index (κ3) is 4.60. The van der Waals surface area contributed by atoms with Crippen molar-refractivity contribution in [1.29, 1.82) is 0 Å². The van der Waals surface area contributed by atoms with E-state index in [0.29, 0.717) is 11.6 Å². The van der Waals surface area contributed by atoms with Crippen LogP contribution in [0.5, 0.6) is 0 Å². The number of carbonyl (C=O) groups is 1. The predicted octanol–water partition coefficient (Wildman–Crippen LogP) is 4.50. The summed E-state index contributed by atoms with van der Waals surface area (Å²) < 4.78 is 4.68. The molecule has 0 aliphatic heterocycles. The monoisotopic (exact) mass is 363 g/mol. The number of halogens is 1. The van der Waals surface area contributed by atoms with Crippen LogP contribution in [0.2, 0.25) is 5.02 Å². The van der Waals surface area contributed by atoms with Crippen molar-refractivity contribution < 1.29 is 4.79 Å². The van der Waals surface area contributed by atoms with E-state index in [0.717, 1.165) is 26.5 Å². The van der Waals surface area contributed by atoms with Crippen LogP contribution in [0.1, 0.15) is 5.56 Å². The summed E-state index contributed by atoms with van der Waals surface area (Å²) in [6.07, 6.45) is 0.760. The van der Waals surface area contributed by atoms with Crippen LogP contribution in [-0.4, -0.2) is 17.6 Å². The summed E-state index contributed by atoms with van der Waals surface area (Å²) in [5.74, 6) is 0. The normalized spacial score (nSPS) is 10.7. The maximum Gasteiger partial charge on any atom is 0.325 e. The Morgan fingerprint density at radius 1 is 1.17 bits per heavy atom. The molecule has 23 heavy (non-hydrogen) atoms. The van der Waals surface area contributed by atoms with Crippen LogP contribution in [-0.2, 0) is 6.42 Å². The number of benzene rings is 2. The van der Waals surface area contributed by atoms with Crippen LogP contribution >= 0.6 is 34.9 Å². The third-order valence-electron chi connectivity index (χ3n) is 3.12. The van der Waals surface area contributed by atoms with Crippen molar-refractivity contribution in [3.8, 4) is 0 Å². The van der Waals surface area contributed by atoms with E-state index in [9.17, 15) is 4.79 Å². The molecule has 0 atom stereocenters. The minimum absolute atomic E-state index is 0.219. The largest absolute Gasteiger partial charge is 0.337 e. The van der Waals surface area contributed by atoms with Crippen molar-refractivity contribution in [1.82, 2.24) is 15.0 Å². The quantitative estimate of drug-likeness (QED) is 0.656. The molecule has 0 radical (unpaired) electrons. The first-order chi connectivity index (χ1) is 11.2. The van der Waals surface area contributed by atoms with E-state index in [-0.39, 0.29) is 6.03 Å². The van der Waals surface area contributed by atoms with Gasteiger partial charge in [0.25, 0.3) is 0 Å². The van der Waals surface area contributed by atoms with Gasteiger partial charge in [0, 0.05) is 23.5 Å². The fraction of sp³-hybridized carbons (Fsp3) is 0.125. The molecule has 1 aromatic heterocycles. The summed E-state index contributed by atoms with van der Waals surface area (Å²) in [7, 11) is 0. The number of carbonyl (C=O) groups excluding carboxylic acids is 1. The molecule has 4 nitrogen and oxygen atoms in total. The molecule has 3 rings (SSSR count). The number of rotatable bonds is 5. The van der Waals surface area contributed by atoms with Gasteiger partial charge in [0.15, 0.2) is 4.34 Å². The van der Waals surface area contributed by atoms with Crippen molar-refractivity contribution in [3.63, 3.8) is 0 Å². The Bertz CT molecular complexity index is 771. The maximum absolute atomic E-state index is 11.8. The first kappa shape index (κ1) is 16.1. The van der Waals surface area contributed by atoms with Crippen LogP contribution in [0.15, 0.2) is 52.9 Å². The van der Waals surface area contributed by atoms with Crippen LogP contribution in [0.25, 0.3) is 10.2 Å². The molecule has 0 saturated carbocycles. The van der Waals surface area contributed by atoms with Gasteiger partial charge in [0.2, 0.25) is 0 Å². The molecule has 1 heterocycles. The van der Waals surface area contributed by atoms with E-state index in [4.69, 9.17) is 11.6 Å². The van der Waals surface area contributed by atoms with Gasteiger partial charge in [-0.1, -0.05) is 35.9 Å². The summed E-state index contributed by atoms with van der Waals surface area (Å²) in [5.41, 5.74) is 2.08. The summed E-state index contributed by atoms with van der Waals surface area (Å²) in [4.78, 5) is 16.2. The summed E-state index contributed by atoms with van der Waals surface area (Å²) in [6.45, 7) is 0.563. The van der Waals surface area contributed by atoms with Crippen LogP contribution < -0.4 is 10.0 Å². The molecule has 0 aliphatic carbocycles. The lowest BCUT2D eigenvalue weighted by atomic mass is 10.1. The van der Waals surface area contributed by atoms with Crippen molar-refractivity contribution in [3.05, 3.63) is 59.1 Å². The van der Waals surface area contributed by atoms with Crippen molar-refractivity contribution >= 4 is 51.1 Å². The molecule has 0 fully saturated rings. The first-order valence-electron chi connectivity index (χ1n) is 7.01. The number of amides is 2. The number of hydrogen-bond donors (Lipinski definition) is 2. The number of urea groups is 1. The third-order valence-corrected chi connectivity index (χ3v) is 5.25. The minimum atomic E-state index is -0.219. The average molecular weight is 364 g/mol. The van der Waals surface area contributed by atoms with Gasteiger partial charge in [-0.25, -0.2) is 9.78 Å². The molecule has 2 amide bonds. The Morgan fingerprint density at radius 2 is 1.96 bits per heavy atom. The number of hydrogen-bond acceptors (Lipinski definition) is 4. The second-order valence-electron chi connectivity index (χ2n) is 4.78. The van der Waals surface area contributed by atoms with E-state index in [1.54, 1.807) is 11.3 Å². The van der Waals surface area contributed by atoms with Gasteiger partial charge in [-0.2, -0.15) is 0 Å². The highest BCUT2D eigenvalue weighted by molar-refractivity contribution is 7.99. The van der Waals surface area contributed by atoms with Crippen molar-refractivity contribution in [2.45, 2.75) is 10.8 Å². The van der Waals surface area contributed by atoms with Gasteiger partial charge in [-0.3, -0.25) is 4.72 Å². The number of nitrogens with one attached hydrogen (secondary N) is 2. The summed E-state index contributed by atoms with van der Waals surface area (Å²) in [6, 6.07) is 15.3. The highest BCUT2D eigenvalue weighted by Crippen LogP contribution is 2.27. The molecule has 118 valence electrons. The molecule has 3 aromatic rings. The van der Waals surface area contributed by atoms with Gasteiger partial charge < -0.3 is 5.32 Å². The molecule has 2 aromatic carbocycles. The smallest absolute Gasteiger partial charge is 0.325 e. The molecule has 2 N–H and O–H groups in total. The van der Waals surface area contributed by atoms with E-state index in [1.807, 2.05) is 48.5 Å². The number of thiazole rings is 1. The second-order valence-corrected chi connectivity index (χ2v) is 7.30. The lowest BCUT2D eigenvalue weighted by molar-refractivity contribution is 0.246. The van der Waals surface area contributed by atoms with E-state index in [2.05, 4.69) is 15.0 Å². The number of nitrogens with zero attached hydrogens (tertiary/aromatic N) is 1. The Labute approximate surface area is 147 Å². The molecule has 0 saturated heterocycles. The lowest BCUT2D eigenvalue weighted by Gasteiger charge is -2.05. The standard InChI is InChI=1S/C16H14ClN3OS2/c17-12-7-5-11(6-8-12)9-10-18-15(21)20-23-16-19-13-3-1-2-4-14(13)22-16/h1-8H,9-10H2,(H2,18,20,21). The van der Waals surface area contributed by atoms with Crippen LogP contribution in [0.3, 0.4) is 0 Å². The van der Waals surface area contributed by atoms with Gasteiger partial charge in [0.1, 0.15) is 0 Å². The molecule has 0 bridgehead atoms. The van der Waals surface area contributed by atoms with E-state index < -0.39 is 0 Å². The summed E-state index contributed by atoms with van der Waals surface area (Å²) in [5, 5.41) is 3.54. The second kappa shape index (κ2) is 7.68. The highest BCUT2D eigenvalue weighted by Gasteiger charge is 2.06. The molecule has 0 unspecified atom stereocenters.